The Morgan fingerprint density at radius 1 is 1.71 bits per heavy atom. The van der Waals surface area contributed by atoms with Gasteiger partial charge in [-0.25, -0.2) is 0 Å². The topological polar surface area (TPSA) is 0 Å². The molecule has 0 N–H and O–H groups in total. The van der Waals surface area contributed by atoms with Crippen LogP contribution in [0.15, 0.2) is 12.2 Å². The minimum Gasteiger partial charge on any atom is -0.0988 e. The summed E-state index contributed by atoms with van der Waals surface area (Å²) in [6.45, 7) is 3.93. The lowest BCUT2D eigenvalue weighted by molar-refractivity contribution is 0.903. The number of halogens is 1. The van der Waals surface area contributed by atoms with Gasteiger partial charge in [0, 0.05) is 3.92 Å². The summed E-state index contributed by atoms with van der Waals surface area (Å²) < 4.78 is 0.789. The van der Waals surface area contributed by atoms with Gasteiger partial charge in [0.15, 0.2) is 0 Å². The molecule has 0 saturated heterocycles. The molecular formula is C6H9I. The van der Waals surface area contributed by atoms with Crippen LogP contribution >= 0.6 is 22.6 Å². The van der Waals surface area contributed by atoms with E-state index in [1.807, 2.05) is 0 Å². The van der Waals surface area contributed by atoms with E-state index >= 15 is 0 Å². The van der Waals surface area contributed by atoms with Gasteiger partial charge in [-0.15, -0.1) is 0 Å². The minimum atomic E-state index is 0.789. The van der Waals surface area contributed by atoms with Crippen LogP contribution in [0.5, 0.6) is 0 Å². The second-order valence-electron chi connectivity index (χ2n) is 2.02. The predicted molar refractivity (Wildman–Crippen MR) is 40.8 cm³/mol. The van der Waals surface area contributed by atoms with E-state index in [1.54, 1.807) is 0 Å². The van der Waals surface area contributed by atoms with Crippen LogP contribution in [-0.2, 0) is 0 Å². The van der Waals surface area contributed by atoms with E-state index in [0.29, 0.717) is 0 Å². The van der Waals surface area contributed by atoms with E-state index in [1.165, 1.54) is 24.8 Å². The van der Waals surface area contributed by atoms with Crippen molar-refractivity contribution >= 4 is 22.6 Å². The highest BCUT2D eigenvalue weighted by atomic mass is 127. The SMILES string of the molecule is C=C1CCCC1I. The van der Waals surface area contributed by atoms with E-state index < -0.39 is 0 Å². The normalized spacial score (nSPS) is 31.6. The zero-order chi connectivity index (χ0) is 5.28. The number of hydrogen-bond donors (Lipinski definition) is 0. The lowest BCUT2D eigenvalue weighted by Gasteiger charge is -1.95. The molecule has 0 heterocycles. The van der Waals surface area contributed by atoms with Crippen LogP contribution in [0.1, 0.15) is 19.3 Å². The number of hydrogen-bond acceptors (Lipinski definition) is 0. The van der Waals surface area contributed by atoms with Crippen LogP contribution in [0.4, 0.5) is 0 Å². The molecule has 0 spiro atoms. The van der Waals surface area contributed by atoms with E-state index in [2.05, 4.69) is 29.2 Å². The van der Waals surface area contributed by atoms with Crippen LogP contribution in [0.25, 0.3) is 0 Å². The molecule has 0 radical (unpaired) electrons. The molecule has 0 aromatic heterocycles. The van der Waals surface area contributed by atoms with Crippen molar-refractivity contribution in [3.8, 4) is 0 Å². The van der Waals surface area contributed by atoms with Gasteiger partial charge in [0.1, 0.15) is 0 Å². The molecule has 1 fully saturated rings. The van der Waals surface area contributed by atoms with Crippen LogP contribution in [0.2, 0.25) is 0 Å². The first-order chi connectivity index (χ1) is 3.30. The fourth-order valence-electron chi connectivity index (χ4n) is 0.869. The van der Waals surface area contributed by atoms with Crippen molar-refractivity contribution in [1.82, 2.24) is 0 Å². The van der Waals surface area contributed by atoms with Gasteiger partial charge in [-0.1, -0.05) is 34.7 Å². The summed E-state index contributed by atoms with van der Waals surface area (Å²) >= 11 is 2.46. The summed E-state index contributed by atoms with van der Waals surface area (Å²) in [5.74, 6) is 0. The van der Waals surface area contributed by atoms with E-state index in [4.69, 9.17) is 0 Å². The van der Waals surface area contributed by atoms with Crippen LogP contribution < -0.4 is 0 Å². The maximum absolute atomic E-state index is 3.93. The Bertz CT molecular complexity index is 86.2. The molecule has 1 unspecified atom stereocenters. The van der Waals surface area contributed by atoms with Gasteiger partial charge in [-0.3, -0.25) is 0 Å². The summed E-state index contributed by atoms with van der Waals surface area (Å²) in [6, 6.07) is 0. The van der Waals surface area contributed by atoms with E-state index in [9.17, 15) is 0 Å². The zero-order valence-corrected chi connectivity index (χ0v) is 6.44. The molecule has 0 bridgehead atoms. The van der Waals surface area contributed by atoms with Crippen molar-refractivity contribution in [2.24, 2.45) is 0 Å². The second-order valence-corrected chi connectivity index (χ2v) is 3.52. The lowest BCUT2D eigenvalue weighted by atomic mass is 10.3. The van der Waals surface area contributed by atoms with Crippen molar-refractivity contribution < 1.29 is 0 Å². The highest BCUT2D eigenvalue weighted by Crippen LogP contribution is 2.29. The third-order valence-corrected chi connectivity index (χ3v) is 2.90. The number of alkyl halides is 1. The van der Waals surface area contributed by atoms with Gasteiger partial charge in [-0.2, -0.15) is 0 Å². The molecule has 0 amide bonds. The molecule has 40 valence electrons. The highest BCUT2D eigenvalue weighted by Gasteiger charge is 2.14. The minimum absolute atomic E-state index is 0.789. The van der Waals surface area contributed by atoms with Crippen LogP contribution in [0, 0.1) is 0 Å². The quantitative estimate of drug-likeness (QED) is 0.326. The number of allylic oxidation sites excluding steroid dienone is 1. The Morgan fingerprint density at radius 2 is 2.43 bits per heavy atom. The molecule has 1 aliphatic carbocycles. The molecule has 0 aliphatic heterocycles. The molecule has 1 heteroatoms. The largest absolute Gasteiger partial charge is 0.0988 e. The fraction of sp³-hybridized carbons (Fsp3) is 0.667. The molecule has 1 saturated carbocycles. The fourth-order valence-corrected chi connectivity index (χ4v) is 1.62. The standard InChI is InChI=1S/C6H9I/c1-5-3-2-4-6(5)7/h6H,1-4H2. The summed E-state index contributed by atoms with van der Waals surface area (Å²) in [6.07, 6.45) is 4.00. The van der Waals surface area contributed by atoms with Gasteiger partial charge in [0.25, 0.3) is 0 Å². The second kappa shape index (κ2) is 2.16. The van der Waals surface area contributed by atoms with Crippen molar-refractivity contribution in [2.75, 3.05) is 0 Å². The Kier molecular flexibility index (Phi) is 1.73. The van der Waals surface area contributed by atoms with E-state index in [0.717, 1.165) is 3.92 Å². The summed E-state index contributed by atoms with van der Waals surface area (Å²) in [7, 11) is 0. The Balaban J connectivity index is 2.48. The van der Waals surface area contributed by atoms with Crippen molar-refractivity contribution in [1.29, 1.82) is 0 Å². The molecule has 1 atom stereocenters. The average Bonchev–Trinajstić information content (AvgIpc) is 1.91. The molecule has 0 aromatic carbocycles. The van der Waals surface area contributed by atoms with Gasteiger partial charge in [0.2, 0.25) is 0 Å². The van der Waals surface area contributed by atoms with Crippen molar-refractivity contribution in [3.63, 3.8) is 0 Å². The Hall–Kier alpha value is 0.470. The molecular weight excluding hydrogens is 199 g/mol. The molecule has 1 aliphatic rings. The molecule has 7 heavy (non-hydrogen) atoms. The summed E-state index contributed by atoms with van der Waals surface area (Å²) in [5.41, 5.74) is 1.45. The first kappa shape index (κ1) is 5.60. The van der Waals surface area contributed by atoms with E-state index in [-0.39, 0.29) is 0 Å². The molecule has 0 aromatic rings. The van der Waals surface area contributed by atoms with Gasteiger partial charge >= 0.3 is 0 Å². The van der Waals surface area contributed by atoms with Gasteiger partial charge in [0.05, 0.1) is 0 Å². The van der Waals surface area contributed by atoms with Gasteiger partial charge < -0.3 is 0 Å². The zero-order valence-electron chi connectivity index (χ0n) is 4.28. The van der Waals surface area contributed by atoms with Gasteiger partial charge in [-0.05, 0) is 19.3 Å². The Morgan fingerprint density at radius 3 is 2.57 bits per heavy atom. The maximum atomic E-state index is 3.93. The summed E-state index contributed by atoms with van der Waals surface area (Å²) in [5, 5.41) is 0. The average molecular weight is 208 g/mol. The third-order valence-electron chi connectivity index (χ3n) is 1.40. The van der Waals surface area contributed by atoms with Crippen LogP contribution in [0.3, 0.4) is 0 Å². The maximum Gasteiger partial charge on any atom is 0.0316 e. The number of rotatable bonds is 0. The highest BCUT2D eigenvalue weighted by molar-refractivity contribution is 14.1. The Labute approximate surface area is 58.1 Å². The first-order valence-electron chi connectivity index (χ1n) is 2.62. The van der Waals surface area contributed by atoms with Crippen LogP contribution in [-0.4, -0.2) is 3.92 Å². The van der Waals surface area contributed by atoms with Crippen molar-refractivity contribution in [3.05, 3.63) is 12.2 Å². The monoisotopic (exact) mass is 208 g/mol. The first-order valence-corrected chi connectivity index (χ1v) is 3.87. The van der Waals surface area contributed by atoms with Crippen molar-refractivity contribution in [2.45, 2.75) is 23.2 Å². The molecule has 1 rings (SSSR count). The smallest absolute Gasteiger partial charge is 0.0316 e. The molecule has 0 nitrogen and oxygen atoms in total. The lowest BCUT2D eigenvalue weighted by Crippen LogP contribution is -1.86. The predicted octanol–water partition coefficient (Wildman–Crippen LogP) is 2.53. The summed E-state index contributed by atoms with van der Waals surface area (Å²) in [4.78, 5) is 0. The third kappa shape index (κ3) is 1.18.